The Bertz CT molecular complexity index is 1370. The maximum Gasteiger partial charge on any atom is 0.291 e. The van der Waals surface area contributed by atoms with Gasteiger partial charge in [0.25, 0.3) is 6.43 Å². The number of aryl methyl sites for hydroxylation is 1. The Labute approximate surface area is 218 Å². The fourth-order valence-corrected chi connectivity index (χ4v) is 7.24. The second kappa shape index (κ2) is 9.96. The molecule has 15 heteroatoms. The molecule has 0 aliphatic carbocycles. The van der Waals surface area contributed by atoms with E-state index in [2.05, 4.69) is 34.8 Å². The lowest BCUT2D eigenvalue weighted by molar-refractivity contribution is -0.124. The van der Waals surface area contributed by atoms with Gasteiger partial charge < -0.3 is 9.47 Å². The zero-order valence-corrected chi connectivity index (χ0v) is 24.0. The third kappa shape index (κ3) is 5.35. The number of sulfonamides is 1. The molecule has 0 radical (unpaired) electrons. The number of hydrogen-bond acceptors (Lipinski definition) is 8. The molecule has 0 amide bonds. The number of rotatable bonds is 10. The van der Waals surface area contributed by atoms with Crippen LogP contribution >= 0.6 is 22.9 Å². The van der Waals surface area contributed by atoms with Crippen molar-refractivity contribution in [2.24, 2.45) is 0 Å². The van der Waals surface area contributed by atoms with Crippen LogP contribution < -0.4 is 0 Å². The Kier molecular flexibility index (Phi) is 7.61. The third-order valence-corrected chi connectivity index (χ3v) is 10.7. The van der Waals surface area contributed by atoms with Gasteiger partial charge >= 0.3 is 0 Å². The molecule has 0 unspecified atom stereocenters. The number of imidazole rings is 1. The molecule has 0 aromatic carbocycles. The lowest BCUT2D eigenvalue weighted by Gasteiger charge is -2.45. The van der Waals surface area contributed by atoms with E-state index in [4.69, 9.17) is 21.1 Å². The van der Waals surface area contributed by atoms with Gasteiger partial charge in [0.1, 0.15) is 11.6 Å². The van der Waals surface area contributed by atoms with E-state index in [1.807, 2.05) is 0 Å². The van der Waals surface area contributed by atoms with Crippen LogP contribution in [0, 0.1) is 6.92 Å². The summed E-state index contributed by atoms with van der Waals surface area (Å²) in [5.41, 5.74) is 0.174. The summed E-state index contributed by atoms with van der Waals surface area (Å²) in [4.78, 5) is 4.33. The van der Waals surface area contributed by atoms with Gasteiger partial charge in [0.2, 0.25) is 10.0 Å². The average molecular weight is 580 g/mol. The van der Waals surface area contributed by atoms with E-state index in [1.54, 1.807) is 13.8 Å². The van der Waals surface area contributed by atoms with Gasteiger partial charge in [-0.15, -0.1) is 10.2 Å². The first-order chi connectivity index (χ1) is 16.7. The van der Waals surface area contributed by atoms with E-state index >= 15 is 0 Å². The van der Waals surface area contributed by atoms with Crippen molar-refractivity contribution in [3.05, 3.63) is 28.0 Å². The highest BCUT2D eigenvalue weighted by molar-refractivity contribution is 7.89. The van der Waals surface area contributed by atoms with Crippen LogP contribution in [0.5, 0.6) is 0 Å². The van der Waals surface area contributed by atoms with E-state index in [9.17, 15) is 17.2 Å². The monoisotopic (exact) mass is 579 g/mol. The molecule has 4 heterocycles. The van der Waals surface area contributed by atoms with Gasteiger partial charge in [-0.25, -0.2) is 22.2 Å². The van der Waals surface area contributed by atoms with Gasteiger partial charge in [0, 0.05) is 20.9 Å². The predicted molar refractivity (Wildman–Crippen MR) is 136 cm³/mol. The quantitative estimate of drug-likeness (QED) is 0.192. The van der Waals surface area contributed by atoms with Crippen LogP contribution in [0.4, 0.5) is 8.78 Å². The second-order valence-corrected chi connectivity index (χ2v) is 19.1. The van der Waals surface area contributed by atoms with Gasteiger partial charge in [-0.3, -0.25) is 4.40 Å². The molecule has 1 saturated heterocycles. The van der Waals surface area contributed by atoms with Crippen LogP contribution in [0.15, 0.2) is 17.2 Å². The van der Waals surface area contributed by atoms with Gasteiger partial charge in [-0.2, -0.15) is 4.31 Å². The van der Waals surface area contributed by atoms with E-state index in [-0.39, 0.29) is 40.7 Å². The summed E-state index contributed by atoms with van der Waals surface area (Å²) in [5, 5.41) is 7.18. The van der Waals surface area contributed by atoms with Crippen LogP contribution in [0.2, 0.25) is 30.7 Å². The molecule has 3 aromatic rings. The molecular weight excluding hydrogens is 552 g/mol. The molecule has 0 bridgehead atoms. The molecule has 3 aromatic heterocycles. The molecular formula is C21H28ClF2N5O4S2Si. The van der Waals surface area contributed by atoms with Crippen LogP contribution in [-0.4, -0.2) is 72.5 Å². The fourth-order valence-electron chi connectivity index (χ4n) is 3.73. The molecule has 0 N–H and O–H groups in total. The lowest BCUT2D eigenvalue weighted by Crippen LogP contribution is -2.62. The number of hydrogen-bond donors (Lipinski definition) is 0. The van der Waals surface area contributed by atoms with Crippen molar-refractivity contribution in [2.45, 2.75) is 56.4 Å². The number of halogens is 3. The minimum absolute atomic E-state index is 0.0841. The topological polar surface area (TPSA) is 98.9 Å². The van der Waals surface area contributed by atoms with E-state index < -0.39 is 35.1 Å². The summed E-state index contributed by atoms with van der Waals surface area (Å²) in [5.74, 6) is 0.182. The lowest BCUT2D eigenvalue weighted by atomic mass is 10.0. The van der Waals surface area contributed by atoms with Crippen LogP contribution in [0.25, 0.3) is 16.3 Å². The van der Waals surface area contributed by atoms with Crippen molar-refractivity contribution < 1.29 is 26.7 Å². The predicted octanol–water partition coefficient (Wildman–Crippen LogP) is 4.84. The number of ether oxygens (including phenoxy) is 2. The Morgan fingerprint density at radius 1 is 1.33 bits per heavy atom. The van der Waals surface area contributed by atoms with Crippen LogP contribution in [-0.2, 0) is 19.5 Å². The molecule has 0 saturated carbocycles. The highest BCUT2D eigenvalue weighted by Gasteiger charge is 2.46. The third-order valence-electron chi connectivity index (χ3n) is 5.88. The molecule has 4 rings (SSSR count). The van der Waals surface area contributed by atoms with Gasteiger partial charge in [-0.1, -0.05) is 42.6 Å². The first kappa shape index (κ1) is 27.5. The second-order valence-electron chi connectivity index (χ2n) is 10.2. The maximum atomic E-state index is 13.9. The largest absolute Gasteiger partial charge is 0.377 e. The number of pyridine rings is 1. The van der Waals surface area contributed by atoms with E-state index in [1.165, 1.54) is 21.0 Å². The molecule has 36 heavy (non-hydrogen) atoms. The normalized spacial score (nSPS) is 16.3. The summed E-state index contributed by atoms with van der Waals surface area (Å²) >= 11 is 7.21. The summed E-state index contributed by atoms with van der Waals surface area (Å²) < 4.78 is 67.9. The molecule has 0 atom stereocenters. The molecule has 1 aliphatic rings. The standard InChI is InChI=1S/C21H28ClF2N5O4S2Si/c1-13-16-15(22)8-14(9-28(16)18(25-13)20-27-26-19(34-20)17(23)24)35(30,31)29(21(2)10-33-11-21)12-32-6-7-36(3,4)5/h8-9,17H,6-7,10-12H2,1-5H3. The van der Waals surface area contributed by atoms with Crippen molar-refractivity contribution in [1.29, 1.82) is 0 Å². The Hall–Kier alpha value is -1.55. The van der Waals surface area contributed by atoms with Gasteiger partial charge in [0.05, 0.1) is 35.0 Å². The minimum atomic E-state index is -4.09. The summed E-state index contributed by atoms with van der Waals surface area (Å²) in [6.07, 6.45) is -1.39. The number of aromatic nitrogens is 4. The van der Waals surface area contributed by atoms with E-state index in [0.717, 1.165) is 6.04 Å². The molecule has 0 spiro atoms. The zero-order chi connectivity index (χ0) is 26.5. The summed E-state index contributed by atoms with van der Waals surface area (Å²) in [6.45, 7) is 10.9. The summed E-state index contributed by atoms with van der Waals surface area (Å²) in [6, 6.07) is 2.26. The molecule has 198 valence electrons. The van der Waals surface area contributed by atoms with Crippen LogP contribution in [0.3, 0.4) is 0 Å². The zero-order valence-electron chi connectivity index (χ0n) is 20.6. The first-order valence-corrected chi connectivity index (χ1v) is 17.6. The number of fused-ring (bicyclic) bond motifs is 1. The van der Waals surface area contributed by atoms with Crippen molar-refractivity contribution in [3.63, 3.8) is 0 Å². The van der Waals surface area contributed by atoms with Crippen molar-refractivity contribution in [1.82, 2.24) is 23.9 Å². The Morgan fingerprint density at radius 2 is 2.03 bits per heavy atom. The van der Waals surface area contributed by atoms with Gasteiger partial charge in [-0.05, 0) is 26.0 Å². The number of alkyl halides is 2. The highest BCUT2D eigenvalue weighted by atomic mass is 35.5. The number of nitrogens with zero attached hydrogens (tertiary/aromatic N) is 5. The van der Waals surface area contributed by atoms with Crippen molar-refractivity contribution >= 4 is 46.6 Å². The van der Waals surface area contributed by atoms with Crippen molar-refractivity contribution in [3.8, 4) is 10.8 Å². The molecule has 1 aliphatic heterocycles. The Morgan fingerprint density at radius 3 is 2.58 bits per heavy atom. The van der Waals surface area contributed by atoms with Crippen molar-refractivity contribution in [2.75, 3.05) is 26.6 Å². The minimum Gasteiger partial charge on any atom is -0.377 e. The molecule has 9 nitrogen and oxygen atoms in total. The summed E-state index contributed by atoms with van der Waals surface area (Å²) in [7, 11) is -5.45. The highest BCUT2D eigenvalue weighted by Crippen LogP contribution is 2.36. The van der Waals surface area contributed by atoms with E-state index in [0.29, 0.717) is 29.2 Å². The Balaban J connectivity index is 1.74. The van der Waals surface area contributed by atoms with Gasteiger partial charge in [0.15, 0.2) is 15.8 Å². The average Bonchev–Trinajstić information content (AvgIpc) is 3.36. The smallest absolute Gasteiger partial charge is 0.291 e. The van der Waals surface area contributed by atoms with Crippen LogP contribution in [0.1, 0.15) is 24.1 Å². The SMILES string of the molecule is Cc1nc(-c2nnc(C(F)F)s2)n2cc(S(=O)(=O)N(COCC[Si](C)(C)C)C3(C)COC3)cc(Cl)c12. The maximum absolute atomic E-state index is 13.9. The molecule has 1 fully saturated rings. The fraction of sp³-hybridized carbons (Fsp3) is 0.571. The first-order valence-electron chi connectivity index (χ1n) is 11.2.